The molecule has 0 spiro atoms. The first kappa shape index (κ1) is 15.1. The normalized spacial score (nSPS) is 14.8. The van der Waals surface area contributed by atoms with E-state index in [1.54, 1.807) is 0 Å². The maximum Gasteiger partial charge on any atom is 0.135 e. The molecule has 1 aliphatic heterocycles. The number of nitrogens with one attached hydrogen (secondary N) is 1. The zero-order chi connectivity index (χ0) is 15.2. The molecule has 1 fully saturated rings. The molecule has 0 radical (unpaired) electrons. The van der Waals surface area contributed by atoms with Crippen LogP contribution in [0.25, 0.3) is 21.9 Å². The first-order valence-corrected chi connectivity index (χ1v) is 8.11. The van der Waals surface area contributed by atoms with Gasteiger partial charge in [0.25, 0.3) is 0 Å². The van der Waals surface area contributed by atoms with Gasteiger partial charge in [-0.2, -0.15) is 0 Å². The molecule has 22 heavy (non-hydrogen) atoms. The Bertz CT molecular complexity index is 717. The topological polar surface area (TPSA) is 45.4 Å². The molecule has 1 aliphatic rings. The van der Waals surface area contributed by atoms with Gasteiger partial charge in [-0.25, -0.2) is 0 Å². The summed E-state index contributed by atoms with van der Waals surface area (Å²) < 4.78 is 5.76. The number of furan rings is 1. The third-order valence-electron chi connectivity index (χ3n) is 4.08. The van der Waals surface area contributed by atoms with Crippen LogP contribution < -0.4 is 5.32 Å². The molecule has 3 aromatic rings. The van der Waals surface area contributed by atoms with E-state index in [1.165, 1.54) is 32.4 Å². The standard InChI is InChI=1S/C14H12O2.C5H11N/c15-9-8-10-4-3-7-13-14(10)11-5-1-2-6-12(11)16-13;1-2-4-6-5-3-1/h1-7,15H,8-9H2;6H,1-5H2. The highest BCUT2D eigenvalue weighted by Crippen LogP contribution is 2.31. The molecule has 2 heterocycles. The predicted octanol–water partition coefficient (Wildman–Crippen LogP) is 3.88. The maximum atomic E-state index is 9.06. The number of benzene rings is 2. The van der Waals surface area contributed by atoms with E-state index in [0.717, 1.165) is 27.5 Å². The summed E-state index contributed by atoms with van der Waals surface area (Å²) >= 11 is 0. The second kappa shape index (κ2) is 7.43. The van der Waals surface area contributed by atoms with Crippen LogP contribution in [-0.2, 0) is 6.42 Å². The van der Waals surface area contributed by atoms with Gasteiger partial charge in [-0.1, -0.05) is 36.8 Å². The van der Waals surface area contributed by atoms with Crippen molar-refractivity contribution >= 4 is 21.9 Å². The molecule has 0 unspecified atom stereocenters. The van der Waals surface area contributed by atoms with Gasteiger partial charge >= 0.3 is 0 Å². The summed E-state index contributed by atoms with van der Waals surface area (Å²) in [4.78, 5) is 0. The van der Waals surface area contributed by atoms with Crippen LogP contribution in [-0.4, -0.2) is 24.8 Å². The van der Waals surface area contributed by atoms with Gasteiger partial charge in [0.2, 0.25) is 0 Å². The van der Waals surface area contributed by atoms with Gasteiger partial charge in [0.1, 0.15) is 11.2 Å². The summed E-state index contributed by atoms with van der Waals surface area (Å²) in [5.74, 6) is 0. The largest absolute Gasteiger partial charge is 0.456 e. The van der Waals surface area contributed by atoms with Crippen LogP contribution in [0.4, 0.5) is 0 Å². The Morgan fingerprint density at radius 3 is 2.36 bits per heavy atom. The molecule has 116 valence electrons. The highest BCUT2D eigenvalue weighted by atomic mass is 16.3. The van der Waals surface area contributed by atoms with Crippen LogP contribution in [0.15, 0.2) is 46.9 Å². The fourth-order valence-corrected chi connectivity index (χ4v) is 2.98. The zero-order valence-corrected chi connectivity index (χ0v) is 12.8. The highest BCUT2D eigenvalue weighted by molar-refractivity contribution is 6.06. The summed E-state index contributed by atoms with van der Waals surface area (Å²) in [6.07, 6.45) is 4.88. The van der Waals surface area contributed by atoms with Crippen molar-refractivity contribution < 1.29 is 9.52 Å². The molecule has 1 aromatic heterocycles. The lowest BCUT2D eigenvalue weighted by molar-refractivity contribution is 0.300. The number of piperidine rings is 1. The van der Waals surface area contributed by atoms with Crippen LogP contribution in [0.1, 0.15) is 24.8 Å². The Morgan fingerprint density at radius 1 is 0.909 bits per heavy atom. The summed E-state index contributed by atoms with van der Waals surface area (Å²) in [7, 11) is 0. The van der Waals surface area contributed by atoms with Crippen molar-refractivity contribution in [1.29, 1.82) is 0 Å². The van der Waals surface area contributed by atoms with Crippen molar-refractivity contribution in [2.45, 2.75) is 25.7 Å². The minimum atomic E-state index is 0.165. The van der Waals surface area contributed by atoms with E-state index in [2.05, 4.69) is 11.4 Å². The van der Waals surface area contributed by atoms with Gasteiger partial charge < -0.3 is 14.8 Å². The average Bonchev–Trinajstić information content (AvgIpc) is 2.97. The number of para-hydroxylation sites is 1. The zero-order valence-electron chi connectivity index (χ0n) is 12.8. The molecular formula is C19H23NO2. The Labute approximate surface area is 130 Å². The fraction of sp³-hybridized carbons (Fsp3) is 0.368. The highest BCUT2D eigenvalue weighted by Gasteiger charge is 2.09. The second-order valence-electron chi connectivity index (χ2n) is 5.67. The van der Waals surface area contributed by atoms with E-state index >= 15 is 0 Å². The maximum absolute atomic E-state index is 9.06. The molecule has 2 N–H and O–H groups in total. The number of aliphatic hydroxyl groups is 1. The number of hydrogen-bond donors (Lipinski definition) is 2. The minimum Gasteiger partial charge on any atom is -0.456 e. The van der Waals surface area contributed by atoms with Crippen molar-refractivity contribution in [2.24, 2.45) is 0 Å². The Kier molecular flexibility index (Phi) is 5.09. The van der Waals surface area contributed by atoms with Crippen molar-refractivity contribution in [3.05, 3.63) is 48.0 Å². The lowest BCUT2D eigenvalue weighted by atomic mass is 10.0. The number of fused-ring (bicyclic) bond motifs is 3. The van der Waals surface area contributed by atoms with Gasteiger partial charge in [-0.15, -0.1) is 0 Å². The fourth-order valence-electron chi connectivity index (χ4n) is 2.98. The van der Waals surface area contributed by atoms with Crippen molar-refractivity contribution in [3.63, 3.8) is 0 Å². The van der Waals surface area contributed by atoms with E-state index in [9.17, 15) is 0 Å². The molecule has 4 rings (SSSR count). The minimum absolute atomic E-state index is 0.165. The molecule has 2 aromatic carbocycles. The van der Waals surface area contributed by atoms with Crippen LogP contribution in [0.5, 0.6) is 0 Å². The van der Waals surface area contributed by atoms with E-state index in [4.69, 9.17) is 9.52 Å². The molecule has 3 nitrogen and oxygen atoms in total. The van der Waals surface area contributed by atoms with Gasteiger partial charge in [0, 0.05) is 17.4 Å². The Morgan fingerprint density at radius 2 is 1.68 bits per heavy atom. The summed E-state index contributed by atoms with van der Waals surface area (Å²) in [6.45, 7) is 2.67. The van der Waals surface area contributed by atoms with Crippen molar-refractivity contribution in [3.8, 4) is 0 Å². The van der Waals surface area contributed by atoms with Crippen molar-refractivity contribution in [1.82, 2.24) is 5.32 Å². The first-order valence-electron chi connectivity index (χ1n) is 8.11. The van der Waals surface area contributed by atoms with Gasteiger partial charge in [0.15, 0.2) is 0 Å². The van der Waals surface area contributed by atoms with Gasteiger partial charge in [-0.05, 0) is 50.0 Å². The average molecular weight is 297 g/mol. The van der Waals surface area contributed by atoms with Gasteiger partial charge in [-0.3, -0.25) is 0 Å². The molecule has 3 heteroatoms. The molecule has 0 bridgehead atoms. The molecule has 0 saturated carbocycles. The van der Waals surface area contributed by atoms with Crippen LogP contribution in [0.2, 0.25) is 0 Å². The third kappa shape index (κ3) is 3.32. The van der Waals surface area contributed by atoms with E-state index in [1.807, 2.05) is 36.4 Å². The molecule has 0 amide bonds. The molecule has 0 aliphatic carbocycles. The van der Waals surface area contributed by atoms with Crippen LogP contribution in [0, 0.1) is 0 Å². The predicted molar refractivity (Wildman–Crippen MR) is 91.2 cm³/mol. The number of hydrogen-bond acceptors (Lipinski definition) is 3. The lowest BCUT2D eigenvalue weighted by Crippen LogP contribution is -2.21. The second-order valence-corrected chi connectivity index (χ2v) is 5.67. The molecule has 1 saturated heterocycles. The lowest BCUT2D eigenvalue weighted by Gasteiger charge is -2.08. The van der Waals surface area contributed by atoms with Crippen LogP contribution >= 0.6 is 0 Å². The number of aliphatic hydroxyl groups excluding tert-OH is 1. The van der Waals surface area contributed by atoms with Gasteiger partial charge in [0.05, 0.1) is 0 Å². The Hall–Kier alpha value is -1.84. The third-order valence-corrected chi connectivity index (χ3v) is 4.08. The van der Waals surface area contributed by atoms with Crippen molar-refractivity contribution in [2.75, 3.05) is 19.7 Å². The van der Waals surface area contributed by atoms with E-state index < -0.39 is 0 Å². The first-order chi connectivity index (χ1) is 10.9. The molecule has 0 atom stereocenters. The van der Waals surface area contributed by atoms with E-state index in [0.29, 0.717) is 6.42 Å². The summed E-state index contributed by atoms with van der Waals surface area (Å²) in [5, 5.41) is 14.6. The molecular weight excluding hydrogens is 274 g/mol. The SMILES string of the molecule is C1CCNCC1.OCCc1cccc2oc3ccccc3c12. The quantitative estimate of drug-likeness (QED) is 0.754. The summed E-state index contributed by atoms with van der Waals surface area (Å²) in [5.41, 5.74) is 2.94. The summed E-state index contributed by atoms with van der Waals surface area (Å²) in [6, 6.07) is 14.0. The monoisotopic (exact) mass is 297 g/mol. The van der Waals surface area contributed by atoms with Crippen LogP contribution in [0.3, 0.4) is 0 Å². The smallest absolute Gasteiger partial charge is 0.135 e. The van der Waals surface area contributed by atoms with E-state index in [-0.39, 0.29) is 6.61 Å². The number of rotatable bonds is 2. The Balaban J connectivity index is 0.000000202.